The number of imidazole rings is 1. The second-order valence-electron chi connectivity index (χ2n) is 6.34. The van der Waals surface area contributed by atoms with Crippen LogP contribution in [0.4, 0.5) is 9.93 Å². The summed E-state index contributed by atoms with van der Waals surface area (Å²) in [6.07, 6.45) is 7.30. The van der Waals surface area contributed by atoms with Gasteiger partial charge in [-0.1, -0.05) is 32.1 Å². The lowest BCUT2D eigenvalue weighted by molar-refractivity contribution is 0.253. The van der Waals surface area contributed by atoms with Gasteiger partial charge in [0.1, 0.15) is 12.2 Å². The third-order valence-electron chi connectivity index (χ3n) is 4.13. The minimum absolute atomic E-state index is 0.0902. The van der Waals surface area contributed by atoms with E-state index in [0.717, 1.165) is 28.5 Å². The third kappa shape index (κ3) is 3.58. The quantitative estimate of drug-likeness (QED) is 0.767. The van der Waals surface area contributed by atoms with Crippen LogP contribution in [0.1, 0.15) is 38.7 Å². The summed E-state index contributed by atoms with van der Waals surface area (Å²) >= 11 is 1.40. The smallest absolute Gasteiger partial charge is 0.283 e. The van der Waals surface area contributed by atoms with Crippen molar-refractivity contribution in [3.05, 3.63) is 42.5 Å². The number of thiazole rings is 1. The van der Waals surface area contributed by atoms with Crippen LogP contribution in [0.5, 0.6) is 0 Å². The van der Waals surface area contributed by atoms with Gasteiger partial charge >= 0.3 is 6.03 Å². The van der Waals surface area contributed by atoms with E-state index in [-0.39, 0.29) is 11.4 Å². The van der Waals surface area contributed by atoms with Crippen LogP contribution >= 0.6 is 11.3 Å². The first-order chi connectivity index (χ1) is 11.9. The number of aryl methyl sites for hydroxylation is 1. The Kier molecular flexibility index (Phi) is 4.63. The van der Waals surface area contributed by atoms with Gasteiger partial charge in [-0.25, -0.2) is 24.7 Å². The van der Waals surface area contributed by atoms with Gasteiger partial charge in [-0.05, 0) is 19.4 Å². The molecule has 8 heteroatoms. The SMILES string of the molecule is CCC(C)(C)c1nccc(-c2sc(NC(=O)n3ccnc3)nc2C)n1. The van der Waals surface area contributed by atoms with Crippen molar-refractivity contribution < 1.29 is 4.79 Å². The van der Waals surface area contributed by atoms with Crippen molar-refractivity contribution in [2.75, 3.05) is 5.32 Å². The predicted octanol–water partition coefficient (Wildman–Crippen LogP) is 3.87. The number of carbonyl (C=O) groups is 1. The van der Waals surface area contributed by atoms with Crippen LogP contribution in [0, 0.1) is 6.92 Å². The number of carbonyl (C=O) groups excluding carboxylic acids is 1. The number of aromatic nitrogens is 5. The first kappa shape index (κ1) is 17.2. The monoisotopic (exact) mass is 356 g/mol. The normalized spacial score (nSPS) is 11.5. The van der Waals surface area contributed by atoms with Crippen molar-refractivity contribution in [2.24, 2.45) is 0 Å². The molecule has 0 saturated carbocycles. The van der Waals surface area contributed by atoms with Crippen LogP contribution in [0.15, 0.2) is 31.0 Å². The number of anilines is 1. The molecule has 3 rings (SSSR count). The van der Waals surface area contributed by atoms with Crippen molar-refractivity contribution in [1.82, 2.24) is 24.5 Å². The molecule has 3 aromatic heterocycles. The lowest BCUT2D eigenvalue weighted by atomic mass is 9.89. The largest absolute Gasteiger partial charge is 0.333 e. The fraction of sp³-hybridized carbons (Fsp3) is 0.353. The Balaban J connectivity index is 1.88. The van der Waals surface area contributed by atoms with Crippen molar-refractivity contribution in [2.45, 2.75) is 39.5 Å². The Morgan fingerprint density at radius 1 is 1.32 bits per heavy atom. The Morgan fingerprint density at radius 3 is 2.80 bits per heavy atom. The summed E-state index contributed by atoms with van der Waals surface area (Å²) in [5.41, 5.74) is 1.56. The van der Waals surface area contributed by atoms with Crippen LogP contribution in [-0.4, -0.2) is 30.5 Å². The van der Waals surface area contributed by atoms with Crippen molar-refractivity contribution in [1.29, 1.82) is 0 Å². The third-order valence-corrected chi connectivity index (χ3v) is 5.22. The topological polar surface area (TPSA) is 85.6 Å². The van der Waals surface area contributed by atoms with E-state index >= 15 is 0 Å². The van der Waals surface area contributed by atoms with Gasteiger partial charge in [0.05, 0.1) is 16.3 Å². The maximum absolute atomic E-state index is 12.1. The molecule has 0 spiro atoms. The van der Waals surface area contributed by atoms with E-state index in [4.69, 9.17) is 4.98 Å². The minimum Gasteiger partial charge on any atom is -0.283 e. The van der Waals surface area contributed by atoms with E-state index in [2.05, 4.69) is 41.0 Å². The van der Waals surface area contributed by atoms with E-state index in [1.54, 1.807) is 18.6 Å². The molecule has 0 radical (unpaired) electrons. The molecule has 0 aliphatic heterocycles. The van der Waals surface area contributed by atoms with Crippen LogP contribution in [-0.2, 0) is 5.41 Å². The van der Waals surface area contributed by atoms with E-state index in [9.17, 15) is 4.79 Å². The van der Waals surface area contributed by atoms with Crippen molar-refractivity contribution in [3.8, 4) is 10.6 Å². The summed E-state index contributed by atoms with van der Waals surface area (Å²) in [5.74, 6) is 0.810. The zero-order valence-corrected chi connectivity index (χ0v) is 15.5. The number of nitrogens with one attached hydrogen (secondary N) is 1. The first-order valence-electron chi connectivity index (χ1n) is 8.01. The van der Waals surface area contributed by atoms with Crippen LogP contribution in [0.25, 0.3) is 10.6 Å². The van der Waals surface area contributed by atoms with E-state index in [1.165, 1.54) is 22.2 Å². The summed E-state index contributed by atoms with van der Waals surface area (Å²) in [4.78, 5) is 30.5. The Labute approximate surface area is 150 Å². The molecule has 3 aromatic rings. The molecule has 3 heterocycles. The van der Waals surface area contributed by atoms with Gasteiger partial charge < -0.3 is 0 Å². The minimum atomic E-state index is -0.298. The Hall–Kier alpha value is -2.61. The van der Waals surface area contributed by atoms with Crippen molar-refractivity contribution in [3.63, 3.8) is 0 Å². The number of nitrogens with zero attached hydrogens (tertiary/aromatic N) is 5. The van der Waals surface area contributed by atoms with Crippen molar-refractivity contribution >= 4 is 22.5 Å². The maximum atomic E-state index is 12.1. The number of amides is 1. The summed E-state index contributed by atoms with van der Waals surface area (Å²) in [5, 5.41) is 3.31. The van der Waals surface area contributed by atoms with Gasteiger partial charge in [-0.3, -0.25) is 9.88 Å². The van der Waals surface area contributed by atoms with Gasteiger partial charge in [0.2, 0.25) is 0 Å². The second kappa shape index (κ2) is 6.72. The molecule has 0 atom stereocenters. The zero-order chi connectivity index (χ0) is 18.0. The lowest BCUT2D eigenvalue weighted by Crippen LogP contribution is -2.19. The number of hydrogen-bond acceptors (Lipinski definition) is 6. The molecule has 0 saturated heterocycles. The van der Waals surface area contributed by atoms with Gasteiger partial charge in [0.25, 0.3) is 0 Å². The molecular formula is C17H20N6OS. The summed E-state index contributed by atoms with van der Waals surface area (Å²) < 4.78 is 1.36. The molecule has 1 N–H and O–H groups in total. The number of hydrogen-bond donors (Lipinski definition) is 1. The average Bonchev–Trinajstić information content (AvgIpc) is 3.25. The van der Waals surface area contributed by atoms with E-state index in [1.807, 2.05) is 13.0 Å². The van der Waals surface area contributed by atoms with E-state index < -0.39 is 0 Å². The van der Waals surface area contributed by atoms with Gasteiger partial charge in [0.15, 0.2) is 5.13 Å². The zero-order valence-electron chi connectivity index (χ0n) is 14.6. The standard InChI is InChI=1S/C17H20N6OS/c1-5-17(3,4)14-19-7-6-12(21-14)13-11(2)20-15(25-13)22-16(24)23-9-8-18-10-23/h6-10H,5H2,1-4H3,(H,20,22,24). The van der Waals surface area contributed by atoms with Crippen LogP contribution in [0.2, 0.25) is 0 Å². The highest BCUT2D eigenvalue weighted by molar-refractivity contribution is 7.19. The maximum Gasteiger partial charge on any atom is 0.333 e. The molecular weight excluding hydrogens is 336 g/mol. The van der Waals surface area contributed by atoms with Gasteiger partial charge in [0, 0.05) is 24.0 Å². The lowest BCUT2D eigenvalue weighted by Gasteiger charge is -2.20. The predicted molar refractivity (Wildman–Crippen MR) is 97.8 cm³/mol. The molecule has 130 valence electrons. The highest BCUT2D eigenvalue weighted by atomic mass is 32.1. The first-order valence-corrected chi connectivity index (χ1v) is 8.83. The highest BCUT2D eigenvalue weighted by Crippen LogP contribution is 2.33. The van der Waals surface area contributed by atoms with Gasteiger partial charge in [-0.2, -0.15) is 0 Å². The second-order valence-corrected chi connectivity index (χ2v) is 7.34. The summed E-state index contributed by atoms with van der Waals surface area (Å²) in [6.45, 7) is 8.29. The Morgan fingerprint density at radius 2 is 2.12 bits per heavy atom. The summed E-state index contributed by atoms with van der Waals surface area (Å²) in [6, 6.07) is 1.57. The fourth-order valence-corrected chi connectivity index (χ4v) is 3.12. The average molecular weight is 356 g/mol. The Bertz CT molecular complexity index is 884. The van der Waals surface area contributed by atoms with Crippen LogP contribution < -0.4 is 5.32 Å². The molecule has 7 nitrogen and oxygen atoms in total. The molecule has 0 fully saturated rings. The molecule has 0 unspecified atom stereocenters. The molecule has 1 amide bonds. The van der Waals surface area contributed by atoms with Gasteiger partial charge in [-0.15, -0.1) is 0 Å². The van der Waals surface area contributed by atoms with E-state index in [0.29, 0.717) is 5.13 Å². The molecule has 0 aliphatic carbocycles. The molecule has 0 aliphatic rings. The highest BCUT2D eigenvalue weighted by Gasteiger charge is 2.23. The van der Waals surface area contributed by atoms with Crippen LogP contribution in [0.3, 0.4) is 0 Å². The fourth-order valence-electron chi connectivity index (χ4n) is 2.19. The molecule has 0 bridgehead atoms. The number of rotatable bonds is 4. The molecule has 0 aromatic carbocycles. The molecule has 25 heavy (non-hydrogen) atoms. The summed E-state index contributed by atoms with van der Waals surface area (Å²) in [7, 11) is 0.